The summed E-state index contributed by atoms with van der Waals surface area (Å²) in [6.45, 7) is 0.406. The van der Waals surface area contributed by atoms with Gasteiger partial charge in [0.05, 0.1) is 17.4 Å². The third-order valence-electron chi connectivity index (χ3n) is 4.64. The first kappa shape index (κ1) is 19.2. The normalized spacial score (nSPS) is 19.5. The molecule has 2 fully saturated rings. The number of ether oxygens (including phenoxy) is 1. The third kappa shape index (κ3) is 4.22. The van der Waals surface area contributed by atoms with E-state index in [0.29, 0.717) is 24.5 Å². The van der Waals surface area contributed by atoms with Gasteiger partial charge in [-0.25, -0.2) is 4.21 Å². The number of carbonyl (C=O) groups excluding carboxylic acids is 3. The van der Waals surface area contributed by atoms with Gasteiger partial charge in [0.2, 0.25) is 0 Å². The van der Waals surface area contributed by atoms with Crippen LogP contribution in [0.15, 0.2) is 12.1 Å². The summed E-state index contributed by atoms with van der Waals surface area (Å²) in [5, 5.41) is -0.00947. The van der Waals surface area contributed by atoms with Crippen LogP contribution in [0.1, 0.15) is 48.0 Å². The zero-order valence-corrected chi connectivity index (χ0v) is 15.6. The second-order valence-electron chi connectivity index (χ2n) is 6.72. The molecule has 0 amide bonds. The van der Waals surface area contributed by atoms with Crippen LogP contribution in [0, 0.1) is 11.8 Å². The fourth-order valence-electron chi connectivity index (χ4n) is 3.03. The first-order valence-corrected chi connectivity index (χ1v) is 10.1. The van der Waals surface area contributed by atoms with Gasteiger partial charge in [0.15, 0.2) is 28.4 Å². The van der Waals surface area contributed by atoms with E-state index < -0.39 is 22.8 Å². The van der Waals surface area contributed by atoms with Gasteiger partial charge in [-0.1, -0.05) is 17.7 Å². The molecule has 0 radical (unpaired) electrons. The highest BCUT2D eigenvalue weighted by Crippen LogP contribution is 2.37. The highest BCUT2D eigenvalue weighted by atomic mass is 35.5. The summed E-state index contributed by atoms with van der Waals surface area (Å²) < 4.78 is 26.1. The molecule has 0 aromatic heterocycles. The maximum atomic E-state index is 12.8. The number of halogens is 1. The Labute approximate surface area is 158 Å². The number of rotatable bonds is 7. The number of carbonyl (C=O) groups is 3. The Hall–Kier alpha value is -1.57. The number of ketones is 3. The molecule has 8 heteroatoms. The molecule has 26 heavy (non-hydrogen) atoms. The van der Waals surface area contributed by atoms with E-state index in [9.17, 15) is 23.1 Å². The summed E-state index contributed by atoms with van der Waals surface area (Å²) in [4.78, 5) is 36.9. The van der Waals surface area contributed by atoms with Gasteiger partial charge in [0, 0.05) is 24.0 Å². The van der Waals surface area contributed by atoms with Crippen molar-refractivity contribution in [2.75, 3.05) is 6.61 Å². The van der Waals surface area contributed by atoms with Crippen LogP contribution in [0.3, 0.4) is 0 Å². The minimum Gasteiger partial charge on any atom is -0.491 e. The van der Waals surface area contributed by atoms with E-state index in [1.54, 1.807) is 0 Å². The number of hydrogen-bond donors (Lipinski definition) is 1. The van der Waals surface area contributed by atoms with Crippen molar-refractivity contribution in [3.8, 4) is 5.75 Å². The highest BCUT2D eigenvalue weighted by molar-refractivity contribution is 7.78. The molecule has 0 aliphatic heterocycles. The predicted molar refractivity (Wildman–Crippen MR) is 95.8 cm³/mol. The minimum absolute atomic E-state index is 0.00947. The number of Topliss-reactive ketones (excluding diaryl/α,β-unsaturated/α-hetero) is 3. The molecule has 0 saturated heterocycles. The summed E-state index contributed by atoms with van der Waals surface area (Å²) >= 11 is 4.26. The minimum atomic E-state index is -2.10. The Morgan fingerprint density at radius 2 is 1.88 bits per heavy atom. The Balaban J connectivity index is 1.94. The summed E-state index contributed by atoms with van der Waals surface area (Å²) in [6.07, 6.45) is 2.95. The Kier molecular flexibility index (Phi) is 5.89. The first-order valence-electron chi connectivity index (χ1n) is 8.49. The van der Waals surface area contributed by atoms with Crippen molar-refractivity contribution < 1.29 is 27.9 Å². The molecule has 0 heterocycles. The van der Waals surface area contributed by atoms with Crippen molar-refractivity contribution in [3.05, 3.63) is 28.3 Å². The predicted octanol–water partition coefficient (Wildman–Crippen LogP) is 2.97. The van der Waals surface area contributed by atoms with Crippen molar-refractivity contribution in [1.29, 1.82) is 0 Å². The lowest BCUT2D eigenvalue weighted by Crippen LogP contribution is -2.35. The lowest BCUT2D eigenvalue weighted by Gasteiger charge is -2.20. The van der Waals surface area contributed by atoms with E-state index >= 15 is 0 Å². The van der Waals surface area contributed by atoms with Crippen LogP contribution in [-0.2, 0) is 26.4 Å². The van der Waals surface area contributed by atoms with Crippen LogP contribution in [0.2, 0.25) is 5.02 Å². The molecule has 0 bridgehead atoms. The quantitative estimate of drug-likeness (QED) is 0.430. The molecule has 2 aliphatic rings. The Morgan fingerprint density at radius 1 is 1.23 bits per heavy atom. The van der Waals surface area contributed by atoms with Crippen LogP contribution in [-0.4, -0.2) is 32.7 Å². The standard InChI is InChI=1S/C18H19ClO6S/c19-16-12(17(22)15-13(20)2-1-3-14(15)21)7-6-11(9-26(23)24)18(16)25-8-10-4-5-10/h6-7,10,15H,1-5,8-9H2,(H,23,24). The van der Waals surface area contributed by atoms with Gasteiger partial charge in [-0.3, -0.25) is 14.4 Å². The van der Waals surface area contributed by atoms with Crippen molar-refractivity contribution in [3.63, 3.8) is 0 Å². The second-order valence-corrected chi connectivity index (χ2v) is 8.03. The van der Waals surface area contributed by atoms with Gasteiger partial charge in [-0.2, -0.15) is 0 Å². The number of benzene rings is 1. The zero-order valence-electron chi connectivity index (χ0n) is 14.0. The molecular formula is C18H19ClO6S. The second kappa shape index (κ2) is 7.98. The Bertz CT molecular complexity index is 770. The van der Waals surface area contributed by atoms with Crippen LogP contribution >= 0.6 is 11.6 Å². The van der Waals surface area contributed by atoms with E-state index in [2.05, 4.69) is 0 Å². The highest BCUT2D eigenvalue weighted by Gasteiger charge is 2.38. The monoisotopic (exact) mass is 398 g/mol. The molecule has 1 aromatic rings. The molecule has 140 valence electrons. The molecule has 1 aromatic carbocycles. The fourth-order valence-corrected chi connectivity index (χ4v) is 3.85. The average molecular weight is 399 g/mol. The lowest BCUT2D eigenvalue weighted by molar-refractivity contribution is -0.133. The molecule has 3 rings (SSSR count). The summed E-state index contributed by atoms with van der Waals surface area (Å²) in [5.74, 6) is -2.29. The lowest BCUT2D eigenvalue weighted by atomic mass is 9.81. The summed E-state index contributed by atoms with van der Waals surface area (Å²) in [5.41, 5.74) is 0.452. The largest absolute Gasteiger partial charge is 0.491 e. The third-order valence-corrected chi connectivity index (χ3v) is 5.57. The van der Waals surface area contributed by atoms with Crippen molar-refractivity contribution >= 4 is 40.0 Å². The van der Waals surface area contributed by atoms with Crippen molar-refractivity contribution in [2.45, 2.75) is 37.9 Å². The maximum absolute atomic E-state index is 12.8. The van der Waals surface area contributed by atoms with E-state index in [4.69, 9.17) is 16.3 Å². The summed E-state index contributed by atoms with van der Waals surface area (Å²) in [7, 11) is 0. The van der Waals surface area contributed by atoms with Gasteiger partial charge in [-0.05, 0) is 31.2 Å². The smallest absolute Gasteiger partial charge is 0.182 e. The summed E-state index contributed by atoms with van der Waals surface area (Å²) in [6, 6.07) is 2.89. The molecule has 6 nitrogen and oxygen atoms in total. The SMILES string of the molecule is O=C1CCCC(=O)C1C(=O)c1ccc(CS(=O)O)c(OCC2CC2)c1Cl. The van der Waals surface area contributed by atoms with Gasteiger partial charge in [0.25, 0.3) is 0 Å². The van der Waals surface area contributed by atoms with E-state index in [0.717, 1.165) is 12.8 Å². The topological polar surface area (TPSA) is 97.7 Å². The number of hydrogen-bond acceptors (Lipinski definition) is 5. The molecule has 2 aliphatic carbocycles. The molecular weight excluding hydrogens is 380 g/mol. The molecule has 0 spiro atoms. The molecule has 1 atom stereocenters. The average Bonchev–Trinajstić information content (AvgIpc) is 3.38. The Morgan fingerprint density at radius 3 is 2.46 bits per heavy atom. The maximum Gasteiger partial charge on any atom is 0.182 e. The van der Waals surface area contributed by atoms with Crippen LogP contribution in [0.4, 0.5) is 0 Å². The van der Waals surface area contributed by atoms with Crippen LogP contribution in [0.25, 0.3) is 0 Å². The molecule has 1 unspecified atom stereocenters. The van der Waals surface area contributed by atoms with Crippen LogP contribution < -0.4 is 4.74 Å². The fraction of sp³-hybridized carbons (Fsp3) is 0.500. The van der Waals surface area contributed by atoms with Gasteiger partial charge in [0.1, 0.15) is 11.7 Å². The van der Waals surface area contributed by atoms with Gasteiger partial charge in [-0.15, -0.1) is 0 Å². The van der Waals surface area contributed by atoms with E-state index in [-0.39, 0.29) is 46.5 Å². The van der Waals surface area contributed by atoms with Gasteiger partial charge >= 0.3 is 0 Å². The molecule has 1 N–H and O–H groups in total. The van der Waals surface area contributed by atoms with E-state index in [1.807, 2.05) is 0 Å². The molecule has 2 saturated carbocycles. The first-order chi connectivity index (χ1) is 12.4. The van der Waals surface area contributed by atoms with Crippen molar-refractivity contribution in [1.82, 2.24) is 0 Å². The van der Waals surface area contributed by atoms with Crippen molar-refractivity contribution in [2.24, 2.45) is 11.8 Å². The van der Waals surface area contributed by atoms with Gasteiger partial charge < -0.3 is 9.29 Å². The van der Waals surface area contributed by atoms with E-state index in [1.165, 1.54) is 12.1 Å². The zero-order chi connectivity index (χ0) is 18.8. The van der Waals surface area contributed by atoms with Crippen LogP contribution in [0.5, 0.6) is 5.75 Å².